The van der Waals surface area contributed by atoms with E-state index in [1.165, 1.54) is 0 Å². The lowest BCUT2D eigenvalue weighted by atomic mass is 10.1. The zero-order chi connectivity index (χ0) is 17.2. The molecule has 1 heterocycles. The zero-order valence-electron chi connectivity index (χ0n) is 13.6. The maximum absolute atomic E-state index is 12.5. The van der Waals surface area contributed by atoms with Crippen LogP contribution in [0.1, 0.15) is 18.4 Å². The van der Waals surface area contributed by atoms with E-state index in [0.29, 0.717) is 16.9 Å². The second-order valence-corrected chi connectivity index (χ2v) is 6.29. The first-order chi connectivity index (χ1) is 12.2. The number of para-hydroxylation sites is 1. The minimum atomic E-state index is -0.208. The molecular formula is C20H18N2O3. The van der Waals surface area contributed by atoms with Crippen molar-refractivity contribution in [3.8, 4) is 5.75 Å². The van der Waals surface area contributed by atoms with Crippen molar-refractivity contribution >= 4 is 29.3 Å². The summed E-state index contributed by atoms with van der Waals surface area (Å²) in [6.45, 7) is 0.237. The van der Waals surface area contributed by atoms with Crippen LogP contribution in [0.25, 0.3) is 6.08 Å². The zero-order valence-corrected chi connectivity index (χ0v) is 13.6. The molecule has 5 nitrogen and oxygen atoms in total. The van der Waals surface area contributed by atoms with E-state index < -0.39 is 0 Å². The summed E-state index contributed by atoms with van der Waals surface area (Å²) >= 11 is 0. The third-order valence-electron chi connectivity index (χ3n) is 4.26. The molecule has 1 aliphatic carbocycles. The lowest BCUT2D eigenvalue weighted by molar-refractivity contribution is -0.117. The van der Waals surface area contributed by atoms with Crippen molar-refractivity contribution in [1.29, 1.82) is 0 Å². The van der Waals surface area contributed by atoms with Gasteiger partial charge in [-0.05, 0) is 43.2 Å². The number of carbonyl (C=O) groups excluding carboxylic acids is 2. The first-order valence-corrected chi connectivity index (χ1v) is 8.34. The van der Waals surface area contributed by atoms with E-state index in [4.69, 9.17) is 4.74 Å². The highest BCUT2D eigenvalue weighted by Crippen LogP contribution is 2.30. The number of carbonyl (C=O) groups is 2. The van der Waals surface area contributed by atoms with E-state index in [1.54, 1.807) is 18.2 Å². The molecule has 0 radical (unpaired) electrons. The Morgan fingerprint density at radius 1 is 0.960 bits per heavy atom. The summed E-state index contributed by atoms with van der Waals surface area (Å²) in [5.74, 6) is 0.760. The molecule has 1 saturated carbocycles. The number of hydrogen-bond acceptors (Lipinski definition) is 3. The molecule has 0 aromatic heterocycles. The Morgan fingerprint density at radius 3 is 2.52 bits per heavy atom. The van der Waals surface area contributed by atoms with Crippen LogP contribution in [0.15, 0.2) is 54.1 Å². The number of anilines is 2. The predicted octanol–water partition coefficient (Wildman–Crippen LogP) is 3.45. The first-order valence-electron chi connectivity index (χ1n) is 8.34. The molecule has 25 heavy (non-hydrogen) atoms. The van der Waals surface area contributed by atoms with Gasteiger partial charge in [0.2, 0.25) is 5.91 Å². The van der Waals surface area contributed by atoms with Crippen LogP contribution >= 0.6 is 0 Å². The van der Waals surface area contributed by atoms with Crippen LogP contribution in [0.3, 0.4) is 0 Å². The van der Waals surface area contributed by atoms with Gasteiger partial charge in [-0.1, -0.05) is 24.3 Å². The Hall–Kier alpha value is -3.08. The Balaban J connectivity index is 1.46. The van der Waals surface area contributed by atoms with Crippen LogP contribution in [0, 0.1) is 5.92 Å². The number of hydrogen-bond donors (Lipinski definition) is 2. The molecule has 1 aliphatic heterocycles. The Bertz CT molecular complexity index is 869. The highest BCUT2D eigenvalue weighted by molar-refractivity contribution is 6.07. The summed E-state index contributed by atoms with van der Waals surface area (Å²) in [4.78, 5) is 24.3. The largest absolute Gasteiger partial charge is 0.488 e. The summed E-state index contributed by atoms with van der Waals surface area (Å²) in [5, 5.41) is 5.74. The van der Waals surface area contributed by atoms with Crippen molar-refractivity contribution in [3.63, 3.8) is 0 Å². The Morgan fingerprint density at radius 2 is 1.72 bits per heavy atom. The molecule has 0 unspecified atom stereocenters. The van der Waals surface area contributed by atoms with Crippen LogP contribution < -0.4 is 15.4 Å². The van der Waals surface area contributed by atoms with Crippen molar-refractivity contribution in [1.82, 2.24) is 0 Å². The summed E-state index contributed by atoms with van der Waals surface area (Å²) in [6.07, 6.45) is 3.75. The quantitative estimate of drug-likeness (QED) is 0.900. The van der Waals surface area contributed by atoms with Crippen molar-refractivity contribution in [2.75, 3.05) is 17.2 Å². The fourth-order valence-electron chi connectivity index (χ4n) is 2.72. The second-order valence-electron chi connectivity index (χ2n) is 6.29. The van der Waals surface area contributed by atoms with E-state index in [0.717, 1.165) is 24.2 Å². The minimum Gasteiger partial charge on any atom is -0.488 e. The molecule has 2 aromatic rings. The third-order valence-corrected chi connectivity index (χ3v) is 4.26. The van der Waals surface area contributed by atoms with Gasteiger partial charge in [0.05, 0.1) is 5.57 Å². The fraction of sp³-hybridized carbons (Fsp3) is 0.200. The summed E-state index contributed by atoms with van der Waals surface area (Å²) in [6, 6.07) is 14.8. The van der Waals surface area contributed by atoms with E-state index in [-0.39, 0.29) is 24.3 Å². The second kappa shape index (κ2) is 6.43. The van der Waals surface area contributed by atoms with Crippen LogP contribution in [-0.2, 0) is 9.59 Å². The number of rotatable bonds is 4. The molecule has 1 fully saturated rings. The van der Waals surface area contributed by atoms with E-state index in [2.05, 4.69) is 10.6 Å². The molecule has 4 rings (SSSR count). The highest BCUT2D eigenvalue weighted by atomic mass is 16.5. The maximum atomic E-state index is 12.5. The van der Waals surface area contributed by atoms with Crippen LogP contribution in [0.4, 0.5) is 11.4 Å². The lowest BCUT2D eigenvalue weighted by Crippen LogP contribution is -2.21. The Kier molecular flexibility index (Phi) is 3.98. The maximum Gasteiger partial charge on any atom is 0.255 e. The van der Waals surface area contributed by atoms with Gasteiger partial charge in [0.15, 0.2) is 0 Å². The molecule has 0 spiro atoms. The number of amides is 2. The standard InChI is InChI=1S/C20H18N2O3/c23-19(13-8-9-13)21-16-5-3-6-17(11-16)22-20(24)15-10-14-4-1-2-7-18(14)25-12-15/h1-7,10-11,13H,8-9,12H2,(H,21,23)(H,22,24). The third kappa shape index (κ3) is 3.55. The highest BCUT2D eigenvalue weighted by Gasteiger charge is 2.29. The van der Waals surface area contributed by atoms with Gasteiger partial charge in [-0.15, -0.1) is 0 Å². The van der Waals surface area contributed by atoms with Crippen LogP contribution in [0.2, 0.25) is 0 Å². The van der Waals surface area contributed by atoms with Gasteiger partial charge in [0, 0.05) is 22.9 Å². The van der Waals surface area contributed by atoms with Gasteiger partial charge in [-0.3, -0.25) is 9.59 Å². The molecule has 2 N–H and O–H groups in total. The molecule has 126 valence electrons. The van der Waals surface area contributed by atoms with Gasteiger partial charge in [0.1, 0.15) is 12.4 Å². The number of ether oxygens (including phenoxy) is 1. The van der Waals surface area contributed by atoms with Gasteiger partial charge < -0.3 is 15.4 Å². The normalized spacial score (nSPS) is 15.4. The summed E-state index contributed by atoms with van der Waals surface area (Å²) in [5.41, 5.74) is 2.78. The summed E-state index contributed by atoms with van der Waals surface area (Å²) < 4.78 is 5.62. The van der Waals surface area contributed by atoms with Gasteiger partial charge in [0.25, 0.3) is 5.91 Å². The SMILES string of the molecule is O=C(Nc1cccc(NC(=O)C2CC2)c1)C1=Cc2ccccc2OC1. The molecule has 2 amide bonds. The van der Waals surface area contributed by atoms with Crippen molar-refractivity contribution in [2.45, 2.75) is 12.8 Å². The average molecular weight is 334 g/mol. The molecule has 0 bridgehead atoms. The van der Waals surface area contributed by atoms with Gasteiger partial charge in [-0.2, -0.15) is 0 Å². The molecule has 5 heteroatoms. The topological polar surface area (TPSA) is 67.4 Å². The molecular weight excluding hydrogens is 316 g/mol. The lowest BCUT2D eigenvalue weighted by Gasteiger charge is -2.17. The van der Waals surface area contributed by atoms with E-state index in [9.17, 15) is 9.59 Å². The Labute approximate surface area is 145 Å². The monoisotopic (exact) mass is 334 g/mol. The van der Waals surface area contributed by atoms with E-state index in [1.807, 2.05) is 36.4 Å². The number of nitrogens with one attached hydrogen (secondary N) is 2. The number of benzene rings is 2. The van der Waals surface area contributed by atoms with Crippen molar-refractivity contribution in [3.05, 3.63) is 59.7 Å². The molecule has 2 aromatic carbocycles. The van der Waals surface area contributed by atoms with Crippen molar-refractivity contribution < 1.29 is 14.3 Å². The first kappa shape index (κ1) is 15.4. The van der Waals surface area contributed by atoms with Crippen molar-refractivity contribution in [2.24, 2.45) is 5.92 Å². The molecule has 0 atom stereocenters. The molecule has 2 aliphatic rings. The average Bonchev–Trinajstić information content (AvgIpc) is 3.47. The predicted molar refractivity (Wildman–Crippen MR) is 96.3 cm³/mol. The van der Waals surface area contributed by atoms with Gasteiger partial charge in [-0.25, -0.2) is 0 Å². The summed E-state index contributed by atoms with van der Waals surface area (Å²) in [7, 11) is 0. The smallest absolute Gasteiger partial charge is 0.255 e. The minimum absolute atomic E-state index is 0.0449. The molecule has 0 saturated heterocycles. The van der Waals surface area contributed by atoms with Crippen LogP contribution in [-0.4, -0.2) is 18.4 Å². The van der Waals surface area contributed by atoms with Crippen LogP contribution in [0.5, 0.6) is 5.75 Å². The van der Waals surface area contributed by atoms with E-state index >= 15 is 0 Å². The number of fused-ring (bicyclic) bond motifs is 1. The fourth-order valence-corrected chi connectivity index (χ4v) is 2.72. The van der Waals surface area contributed by atoms with Gasteiger partial charge >= 0.3 is 0 Å².